The maximum atomic E-state index is 11.2. The maximum Gasteiger partial charge on any atom is 0.354 e. The molecule has 0 aromatic carbocycles. The van der Waals surface area contributed by atoms with Crippen molar-refractivity contribution in [1.82, 2.24) is 19.9 Å². The first-order valence-corrected chi connectivity index (χ1v) is 6.13. The molecule has 0 bridgehead atoms. The van der Waals surface area contributed by atoms with Gasteiger partial charge in [-0.05, 0) is 25.6 Å². The molecule has 2 rings (SSSR count). The van der Waals surface area contributed by atoms with E-state index in [9.17, 15) is 9.59 Å². The summed E-state index contributed by atoms with van der Waals surface area (Å²) in [7, 11) is 1.86. The first-order valence-electron chi connectivity index (χ1n) is 6.13. The van der Waals surface area contributed by atoms with Crippen molar-refractivity contribution in [2.45, 2.75) is 19.5 Å². The summed E-state index contributed by atoms with van der Waals surface area (Å²) >= 11 is 0. The van der Waals surface area contributed by atoms with Crippen LogP contribution < -0.4 is 5.69 Å². The van der Waals surface area contributed by atoms with E-state index < -0.39 is 11.7 Å². The molecule has 0 aliphatic rings. The largest absolute Gasteiger partial charge is 0.477 e. The van der Waals surface area contributed by atoms with Crippen molar-refractivity contribution < 1.29 is 9.90 Å². The third-order valence-electron chi connectivity index (χ3n) is 3.25. The minimum absolute atomic E-state index is 0.0451. The molecule has 0 amide bonds. The van der Waals surface area contributed by atoms with Crippen molar-refractivity contribution in [1.29, 1.82) is 0 Å². The van der Waals surface area contributed by atoms with Crippen LogP contribution in [0.2, 0.25) is 0 Å². The first-order chi connectivity index (χ1) is 9.49. The van der Waals surface area contributed by atoms with Crippen molar-refractivity contribution in [3.05, 3.63) is 52.0 Å². The fourth-order valence-electron chi connectivity index (χ4n) is 1.98. The number of aromatic carboxylic acids is 1. The molecule has 2 aromatic heterocycles. The second-order valence-corrected chi connectivity index (χ2v) is 4.62. The zero-order valence-corrected chi connectivity index (χ0v) is 11.3. The molecule has 2 heterocycles. The lowest BCUT2D eigenvalue weighted by atomic mass is 10.1. The zero-order valence-electron chi connectivity index (χ0n) is 11.3. The number of carboxylic acid groups (broad SMARTS) is 1. The van der Waals surface area contributed by atoms with E-state index in [4.69, 9.17) is 5.11 Å². The van der Waals surface area contributed by atoms with Gasteiger partial charge in [-0.1, -0.05) is 6.07 Å². The van der Waals surface area contributed by atoms with Gasteiger partial charge in [-0.2, -0.15) is 0 Å². The van der Waals surface area contributed by atoms with Gasteiger partial charge in [0.2, 0.25) is 0 Å². The molecule has 0 fully saturated rings. The Morgan fingerprint density at radius 3 is 2.85 bits per heavy atom. The van der Waals surface area contributed by atoms with Crippen LogP contribution >= 0.6 is 0 Å². The second kappa shape index (κ2) is 5.70. The van der Waals surface area contributed by atoms with E-state index in [1.165, 1.54) is 0 Å². The summed E-state index contributed by atoms with van der Waals surface area (Å²) < 4.78 is 0. The van der Waals surface area contributed by atoms with Crippen LogP contribution in [0, 0.1) is 0 Å². The summed E-state index contributed by atoms with van der Waals surface area (Å²) in [5.41, 5.74) is 0.769. The Kier molecular flexibility index (Phi) is 3.99. The molecule has 0 aliphatic carbocycles. The number of carboxylic acids is 1. The molecule has 0 unspecified atom stereocenters. The topological polar surface area (TPSA) is 102 Å². The number of carbonyl (C=O) groups is 1. The van der Waals surface area contributed by atoms with Gasteiger partial charge in [0.1, 0.15) is 5.69 Å². The second-order valence-electron chi connectivity index (χ2n) is 4.62. The third kappa shape index (κ3) is 2.94. The number of imidazole rings is 1. The number of pyridine rings is 1. The lowest BCUT2D eigenvalue weighted by molar-refractivity contribution is 0.0688. The molecule has 2 aromatic rings. The van der Waals surface area contributed by atoms with Gasteiger partial charge < -0.3 is 10.1 Å². The molecule has 0 spiro atoms. The van der Waals surface area contributed by atoms with Gasteiger partial charge in [0.25, 0.3) is 0 Å². The normalized spacial score (nSPS) is 12.6. The van der Waals surface area contributed by atoms with Gasteiger partial charge in [0, 0.05) is 25.0 Å². The van der Waals surface area contributed by atoms with Crippen LogP contribution in [0.25, 0.3) is 0 Å². The molecule has 7 heteroatoms. The minimum atomic E-state index is -1.15. The van der Waals surface area contributed by atoms with Crippen molar-refractivity contribution in [3.8, 4) is 0 Å². The van der Waals surface area contributed by atoms with Crippen molar-refractivity contribution in [2.24, 2.45) is 0 Å². The Balaban J connectivity index is 2.18. The van der Waals surface area contributed by atoms with E-state index in [0.717, 1.165) is 5.56 Å². The van der Waals surface area contributed by atoms with E-state index in [-0.39, 0.29) is 11.7 Å². The van der Waals surface area contributed by atoms with Crippen LogP contribution in [0.1, 0.15) is 34.7 Å². The molecular formula is C13H16N4O3. The van der Waals surface area contributed by atoms with Crippen molar-refractivity contribution in [3.63, 3.8) is 0 Å². The fourth-order valence-corrected chi connectivity index (χ4v) is 1.98. The number of hydrogen-bond acceptors (Lipinski definition) is 4. The van der Waals surface area contributed by atoms with Gasteiger partial charge in [-0.15, -0.1) is 0 Å². The van der Waals surface area contributed by atoms with E-state index >= 15 is 0 Å². The summed E-state index contributed by atoms with van der Waals surface area (Å²) in [4.78, 5) is 33.1. The summed E-state index contributed by atoms with van der Waals surface area (Å²) in [6.07, 6.45) is 3.46. The highest BCUT2D eigenvalue weighted by molar-refractivity contribution is 5.86. The number of aromatic nitrogens is 3. The van der Waals surface area contributed by atoms with Gasteiger partial charge in [-0.25, -0.2) is 9.59 Å². The molecule has 20 heavy (non-hydrogen) atoms. The molecule has 1 atom stereocenters. The average molecular weight is 276 g/mol. The number of H-pyrrole nitrogens is 2. The van der Waals surface area contributed by atoms with Crippen molar-refractivity contribution >= 4 is 5.97 Å². The lowest BCUT2D eigenvalue weighted by Gasteiger charge is -2.24. The van der Waals surface area contributed by atoms with Gasteiger partial charge >= 0.3 is 11.7 Å². The van der Waals surface area contributed by atoms with Crippen LogP contribution in [0.15, 0.2) is 29.3 Å². The van der Waals surface area contributed by atoms with Gasteiger partial charge in [0.05, 0.1) is 5.69 Å². The summed E-state index contributed by atoms with van der Waals surface area (Å²) in [6.45, 7) is 2.30. The van der Waals surface area contributed by atoms with E-state index in [1.807, 2.05) is 31.0 Å². The Morgan fingerprint density at radius 2 is 2.25 bits per heavy atom. The fraction of sp³-hybridized carbons (Fsp3) is 0.308. The number of nitrogens with one attached hydrogen (secondary N) is 2. The number of rotatable bonds is 5. The molecule has 0 radical (unpaired) electrons. The molecule has 3 N–H and O–H groups in total. The minimum Gasteiger partial charge on any atom is -0.477 e. The molecule has 7 nitrogen and oxygen atoms in total. The van der Waals surface area contributed by atoms with E-state index in [1.54, 1.807) is 12.4 Å². The SMILES string of the molecule is C[C@H](c1cccnc1)N(C)Cc1[nH]c(=O)[nH]c1C(=O)O. The molecule has 106 valence electrons. The highest BCUT2D eigenvalue weighted by atomic mass is 16.4. The van der Waals surface area contributed by atoms with E-state index in [2.05, 4.69) is 15.0 Å². The smallest absolute Gasteiger partial charge is 0.354 e. The predicted octanol–water partition coefficient (Wildman–Crippen LogP) is 0.989. The molecule has 0 saturated carbocycles. The Labute approximate surface area is 115 Å². The van der Waals surface area contributed by atoms with Crippen LogP contribution in [0.5, 0.6) is 0 Å². The van der Waals surface area contributed by atoms with Gasteiger partial charge in [-0.3, -0.25) is 14.9 Å². The highest BCUT2D eigenvalue weighted by Gasteiger charge is 2.18. The Bertz CT molecular complexity index is 647. The monoisotopic (exact) mass is 276 g/mol. The highest BCUT2D eigenvalue weighted by Crippen LogP contribution is 2.19. The van der Waals surface area contributed by atoms with Gasteiger partial charge in [0.15, 0.2) is 0 Å². The van der Waals surface area contributed by atoms with Crippen LogP contribution in [-0.4, -0.2) is 38.0 Å². The number of hydrogen-bond donors (Lipinski definition) is 3. The zero-order chi connectivity index (χ0) is 14.7. The van der Waals surface area contributed by atoms with E-state index in [0.29, 0.717) is 12.2 Å². The quantitative estimate of drug-likeness (QED) is 0.755. The van der Waals surface area contributed by atoms with Crippen LogP contribution in [0.4, 0.5) is 0 Å². The van der Waals surface area contributed by atoms with Crippen LogP contribution in [-0.2, 0) is 6.54 Å². The Morgan fingerprint density at radius 1 is 1.50 bits per heavy atom. The number of aromatic amines is 2. The third-order valence-corrected chi connectivity index (χ3v) is 3.25. The average Bonchev–Trinajstić information content (AvgIpc) is 2.80. The molecule has 0 aliphatic heterocycles. The van der Waals surface area contributed by atoms with Crippen LogP contribution in [0.3, 0.4) is 0 Å². The van der Waals surface area contributed by atoms with Crippen molar-refractivity contribution in [2.75, 3.05) is 7.05 Å². The molecule has 0 saturated heterocycles. The summed E-state index contributed by atoms with van der Waals surface area (Å²) in [5.74, 6) is -1.15. The number of nitrogens with zero attached hydrogens (tertiary/aromatic N) is 2. The molecular weight excluding hydrogens is 260 g/mol. The summed E-state index contributed by atoms with van der Waals surface area (Å²) in [5, 5.41) is 9.03. The first kappa shape index (κ1) is 14.0. The standard InChI is InChI=1S/C13H16N4O3/c1-8(9-4-3-5-14-6-9)17(2)7-10-11(12(18)19)16-13(20)15-10/h3-6,8H,7H2,1-2H3,(H,18,19)(H2,15,16,20)/t8-/m1/s1. The maximum absolute atomic E-state index is 11.2. The lowest BCUT2D eigenvalue weighted by Crippen LogP contribution is -2.23. The predicted molar refractivity (Wildman–Crippen MR) is 72.5 cm³/mol. The summed E-state index contributed by atoms with van der Waals surface area (Å²) in [6, 6.07) is 3.84. The Hall–Kier alpha value is -2.41.